The number of hydrogen-bond acceptors (Lipinski definition) is 2. The van der Waals surface area contributed by atoms with Crippen LogP contribution < -0.4 is 0 Å². The summed E-state index contributed by atoms with van der Waals surface area (Å²) < 4.78 is 18.9. The molecule has 17 heavy (non-hydrogen) atoms. The average Bonchev–Trinajstić information content (AvgIpc) is 2.66. The molecule has 0 saturated carbocycles. The Morgan fingerprint density at radius 3 is 2.88 bits per heavy atom. The molecular formula is C13H16ClFO2. The van der Waals surface area contributed by atoms with Crippen molar-refractivity contribution in [2.75, 3.05) is 13.2 Å². The molecule has 0 spiro atoms. The zero-order valence-electron chi connectivity index (χ0n) is 9.75. The summed E-state index contributed by atoms with van der Waals surface area (Å²) >= 11 is 5.65. The van der Waals surface area contributed by atoms with Crippen molar-refractivity contribution in [2.24, 2.45) is 5.41 Å². The van der Waals surface area contributed by atoms with E-state index in [9.17, 15) is 9.50 Å². The van der Waals surface area contributed by atoms with Gasteiger partial charge < -0.3 is 9.84 Å². The number of aliphatic hydroxyl groups excluding tert-OH is 1. The molecule has 0 amide bonds. The van der Waals surface area contributed by atoms with E-state index in [4.69, 9.17) is 16.3 Å². The molecule has 0 radical (unpaired) electrons. The molecule has 0 aromatic heterocycles. The lowest BCUT2D eigenvalue weighted by Gasteiger charge is -2.30. The van der Waals surface area contributed by atoms with E-state index in [1.165, 1.54) is 6.07 Å². The summed E-state index contributed by atoms with van der Waals surface area (Å²) in [6.07, 6.45) is 1.40. The molecular weight excluding hydrogens is 243 g/mol. The molecule has 1 N–H and O–H groups in total. The van der Waals surface area contributed by atoms with Crippen LogP contribution in [0.5, 0.6) is 0 Å². The van der Waals surface area contributed by atoms with E-state index in [1.54, 1.807) is 12.1 Å². The van der Waals surface area contributed by atoms with Crippen LogP contribution in [-0.2, 0) is 11.2 Å². The minimum Gasteiger partial charge on any atom is -0.396 e. The summed E-state index contributed by atoms with van der Waals surface area (Å²) in [5.74, 6) is -0.413. The fraction of sp³-hybridized carbons (Fsp3) is 0.538. The third-order valence-electron chi connectivity index (χ3n) is 3.69. The Bertz CT molecular complexity index is 410. The van der Waals surface area contributed by atoms with E-state index in [2.05, 4.69) is 0 Å². The standard InChI is InChI=1S/C13H16ClFO2/c1-9-13(8-16,4-5-17-9)7-10-2-3-11(14)12(15)6-10/h2-3,6,9,16H,4-5,7-8H2,1H3. The smallest absolute Gasteiger partial charge is 0.142 e. The Morgan fingerprint density at radius 2 is 2.35 bits per heavy atom. The van der Waals surface area contributed by atoms with Gasteiger partial charge in [-0.3, -0.25) is 0 Å². The summed E-state index contributed by atoms with van der Waals surface area (Å²) in [6, 6.07) is 4.79. The van der Waals surface area contributed by atoms with E-state index in [1.807, 2.05) is 6.92 Å². The van der Waals surface area contributed by atoms with Crippen LogP contribution in [0.2, 0.25) is 5.02 Å². The lowest BCUT2D eigenvalue weighted by atomic mass is 9.77. The highest BCUT2D eigenvalue weighted by Crippen LogP contribution is 2.38. The molecule has 1 aromatic rings. The van der Waals surface area contributed by atoms with Crippen molar-refractivity contribution in [3.05, 3.63) is 34.6 Å². The molecule has 1 aliphatic heterocycles. The molecule has 2 unspecified atom stereocenters. The first-order valence-corrected chi connectivity index (χ1v) is 6.11. The van der Waals surface area contributed by atoms with Crippen LogP contribution in [-0.4, -0.2) is 24.4 Å². The summed E-state index contributed by atoms with van der Waals surface area (Å²) in [6.45, 7) is 2.66. The van der Waals surface area contributed by atoms with Crippen molar-refractivity contribution >= 4 is 11.6 Å². The second-order valence-corrected chi connectivity index (χ2v) is 5.12. The highest BCUT2D eigenvalue weighted by atomic mass is 35.5. The largest absolute Gasteiger partial charge is 0.396 e. The third kappa shape index (κ3) is 2.46. The predicted octanol–water partition coefficient (Wildman–Crippen LogP) is 2.81. The molecule has 94 valence electrons. The van der Waals surface area contributed by atoms with Gasteiger partial charge in [0.1, 0.15) is 5.82 Å². The molecule has 2 atom stereocenters. The molecule has 2 rings (SSSR count). The van der Waals surface area contributed by atoms with Crippen molar-refractivity contribution < 1.29 is 14.2 Å². The van der Waals surface area contributed by atoms with E-state index in [0.29, 0.717) is 13.0 Å². The topological polar surface area (TPSA) is 29.5 Å². The van der Waals surface area contributed by atoms with Crippen LogP contribution in [0, 0.1) is 11.2 Å². The molecule has 1 fully saturated rings. The monoisotopic (exact) mass is 258 g/mol. The first-order valence-electron chi connectivity index (χ1n) is 5.74. The molecule has 1 heterocycles. The first-order chi connectivity index (χ1) is 8.07. The summed E-state index contributed by atoms with van der Waals surface area (Å²) in [5.41, 5.74) is 0.554. The molecule has 2 nitrogen and oxygen atoms in total. The lowest BCUT2D eigenvalue weighted by molar-refractivity contribution is 0.0271. The maximum atomic E-state index is 13.4. The predicted molar refractivity (Wildman–Crippen MR) is 64.7 cm³/mol. The SMILES string of the molecule is CC1OCCC1(CO)Cc1ccc(Cl)c(F)c1. The number of aliphatic hydroxyl groups is 1. The minimum absolute atomic E-state index is 0.00811. The van der Waals surface area contributed by atoms with E-state index in [-0.39, 0.29) is 23.1 Å². The maximum absolute atomic E-state index is 13.4. The van der Waals surface area contributed by atoms with Gasteiger partial charge in [-0.2, -0.15) is 0 Å². The highest BCUT2D eigenvalue weighted by molar-refractivity contribution is 6.30. The molecule has 4 heteroatoms. The summed E-state index contributed by atoms with van der Waals surface area (Å²) in [5, 5.41) is 9.70. The molecule has 1 aromatic carbocycles. The molecule has 1 saturated heterocycles. The summed E-state index contributed by atoms with van der Waals surface area (Å²) in [7, 11) is 0. The van der Waals surface area contributed by atoms with Gasteiger partial charge in [0.2, 0.25) is 0 Å². The second kappa shape index (κ2) is 4.92. The van der Waals surface area contributed by atoms with Crippen LogP contribution in [0.3, 0.4) is 0 Å². The van der Waals surface area contributed by atoms with Gasteiger partial charge in [0.25, 0.3) is 0 Å². The van der Waals surface area contributed by atoms with Crippen LogP contribution in [0.1, 0.15) is 18.9 Å². The number of benzene rings is 1. The number of ether oxygens (including phenoxy) is 1. The Hall–Kier alpha value is -0.640. The normalized spacial score (nSPS) is 28.6. The zero-order chi connectivity index (χ0) is 12.5. The van der Waals surface area contributed by atoms with Gasteiger partial charge in [0, 0.05) is 12.0 Å². The van der Waals surface area contributed by atoms with Crippen LogP contribution >= 0.6 is 11.6 Å². The Morgan fingerprint density at radius 1 is 1.59 bits per heavy atom. The Labute approximate surface area is 105 Å². The first kappa shape index (κ1) is 12.8. The fourth-order valence-corrected chi connectivity index (χ4v) is 2.49. The van der Waals surface area contributed by atoms with Crippen molar-refractivity contribution in [3.8, 4) is 0 Å². The second-order valence-electron chi connectivity index (χ2n) is 4.71. The van der Waals surface area contributed by atoms with Gasteiger partial charge in [-0.05, 0) is 37.5 Å². The van der Waals surface area contributed by atoms with E-state index >= 15 is 0 Å². The van der Waals surface area contributed by atoms with Crippen molar-refractivity contribution in [1.29, 1.82) is 0 Å². The minimum atomic E-state index is -0.413. The van der Waals surface area contributed by atoms with Crippen molar-refractivity contribution in [1.82, 2.24) is 0 Å². The lowest BCUT2D eigenvalue weighted by Crippen LogP contribution is -2.35. The maximum Gasteiger partial charge on any atom is 0.142 e. The van der Waals surface area contributed by atoms with Crippen LogP contribution in [0.4, 0.5) is 4.39 Å². The average molecular weight is 259 g/mol. The molecule has 0 aliphatic carbocycles. The van der Waals surface area contributed by atoms with Gasteiger partial charge >= 0.3 is 0 Å². The van der Waals surface area contributed by atoms with E-state index < -0.39 is 5.82 Å². The fourth-order valence-electron chi connectivity index (χ4n) is 2.37. The zero-order valence-corrected chi connectivity index (χ0v) is 10.5. The third-order valence-corrected chi connectivity index (χ3v) is 3.99. The molecule has 1 aliphatic rings. The van der Waals surface area contributed by atoms with Gasteiger partial charge in [0.05, 0.1) is 17.7 Å². The van der Waals surface area contributed by atoms with Crippen molar-refractivity contribution in [2.45, 2.75) is 25.9 Å². The van der Waals surface area contributed by atoms with Gasteiger partial charge in [-0.15, -0.1) is 0 Å². The Balaban J connectivity index is 2.21. The molecule has 0 bridgehead atoms. The van der Waals surface area contributed by atoms with E-state index in [0.717, 1.165) is 12.0 Å². The number of halogens is 2. The number of rotatable bonds is 3. The van der Waals surface area contributed by atoms with Gasteiger partial charge in [-0.25, -0.2) is 4.39 Å². The quantitative estimate of drug-likeness (QED) is 0.903. The van der Waals surface area contributed by atoms with Gasteiger partial charge in [-0.1, -0.05) is 17.7 Å². The number of hydrogen-bond donors (Lipinski definition) is 1. The highest BCUT2D eigenvalue weighted by Gasteiger charge is 2.41. The summed E-state index contributed by atoms with van der Waals surface area (Å²) in [4.78, 5) is 0. The Kier molecular flexibility index (Phi) is 3.71. The van der Waals surface area contributed by atoms with Gasteiger partial charge in [0.15, 0.2) is 0 Å². The van der Waals surface area contributed by atoms with Crippen LogP contribution in [0.15, 0.2) is 18.2 Å². The van der Waals surface area contributed by atoms with Crippen LogP contribution in [0.25, 0.3) is 0 Å². The van der Waals surface area contributed by atoms with Crippen molar-refractivity contribution in [3.63, 3.8) is 0 Å².